The first-order valence-corrected chi connectivity index (χ1v) is 11.1. The molecule has 2 aromatic carbocycles. The van der Waals surface area contributed by atoms with Gasteiger partial charge in [-0.3, -0.25) is 4.90 Å². The van der Waals surface area contributed by atoms with E-state index in [0.29, 0.717) is 27.7 Å². The summed E-state index contributed by atoms with van der Waals surface area (Å²) >= 11 is 1.29. The predicted molar refractivity (Wildman–Crippen MR) is 121 cm³/mol. The second-order valence-corrected chi connectivity index (χ2v) is 8.99. The molecule has 0 aliphatic carbocycles. The van der Waals surface area contributed by atoms with Gasteiger partial charge in [0.05, 0.1) is 20.7 Å². The Hall–Kier alpha value is -3.08. The van der Waals surface area contributed by atoms with E-state index in [-0.39, 0.29) is 11.9 Å². The van der Waals surface area contributed by atoms with Crippen LogP contribution in [0, 0.1) is 17.1 Å². The lowest BCUT2D eigenvalue weighted by Gasteiger charge is -2.25. The van der Waals surface area contributed by atoms with Gasteiger partial charge in [0, 0.05) is 23.0 Å². The standard InChI is InChI=1S/C24H21FN4OS/c1-14(21-7-4-10-29(21)2)30-24-27-13-16-9-8-15(11-20(16)28-24)22-18(12-26)17-5-3-6-19(25)23(17)31-22/h3,5-6,8-9,11,13-14,21H,4,7,10H2,1-2H3/t14?,21-/m0/s1. The van der Waals surface area contributed by atoms with Crippen molar-refractivity contribution in [1.82, 2.24) is 14.9 Å². The number of ether oxygens (including phenoxy) is 1. The molecule has 7 heteroatoms. The van der Waals surface area contributed by atoms with E-state index in [1.54, 1.807) is 18.3 Å². The highest BCUT2D eigenvalue weighted by Gasteiger charge is 2.28. The maximum Gasteiger partial charge on any atom is 0.317 e. The Labute approximate surface area is 183 Å². The number of halogens is 1. The molecule has 0 bridgehead atoms. The molecule has 1 aliphatic rings. The van der Waals surface area contributed by atoms with Crippen LogP contribution in [0.1, 0.15) is 25.3 Å². The lowest BCUT2D eigenvalue weighted by molar-refractivity contribution is 0.112. The third kappa shape index (κ3) is 3.52. The molecule has 2 aromatic heterocycles. The van der Waals surface area contributed by atoms with Crippen molar-refractivity contribution < 1.29 is 9.13 Å². The average Bonchev–Trinajstić information content (AvgIpc) is 3.37. The number of nitrogens with zero attached hydrogens (tertiary/aromatic N) is 4. The fraction of sp³-hybridized carbons (Fsp3) is 0.292. The highest BCUT2D eigenvalue weighted by atomic mass is 32.1. The monoisotopic (exact) mass is 432 g/mol. The van der Waals surface area contributed by atoms with Crippen molar-refractivity contribution in [3.05, 3.63) is 54.0 Å². The summed E-state index contributed by atoms with van der Waals surface area (Å²) in [5, 5.41) is 11.2. The van der Waals surface area contributed by atoms with Crippen LogP contribution in [0.2, 0.25) is 0 Å². The summed E-state index contributed by atoms with van der Waals surface area (Å²) in [5.41, 5.74) is 2.05. The summed E-state index contributed by atoms with van der Waals surface area (Å²) in [6.45, 7) is 3.14. The molecule has 0 spiro atoms. The van der Waals surface area contributed by atoms with Gasteiger partial charge in [0.1, 0.15) is 18.0 Å². The minimum absolute atomic E-state index is 0.0103. The van der Waals surface area contributed by atoms with Crippen LogP contribution < -0.4 is 4.74 Å². The fourth-order valence-electron chi connectivity index (χ4n) is 4.38. The van der Waals surface area contributed by atoms with Crippen LogP contribution in [0.3, 0.4) is 0 Å². The van der Waals surface area contributed by atoms with E-state index in [4.69, 9.17) is 4.74 Å². The number of likely N-dealkylation sites (tertiary alicyclic amines) is 1. The predicted octanol–water partition coefficient (Wildman–Crippen LogP) is 5.38. The van der Waals surface area contributed by atoms with E-state index in [0.717, 1.165) is 34.3 Å². The van der Waals surface area contributed by atoms with Gasteiger partial charge in [0.2, 0.25) is 0 Å². The Morgan fingerprint density at radius 1 is 1.32 bits per heavy atom. The van der Waals surface area contributed by atoms with Crippen molar-refractivity contribution in [2.24, 2.45) is 0 Å². The van der Waals surface area contributed by atoms with Crippen LogP contribution in [0.4, 0.5) is 4.39 Å². The lowest BCUT2D eigenvalue weighted by Crippen LogP contribution is -2.38. The van der Waals surface area contributed by atoms with E-state index in [2.05, 4.69) is 34.9 Å². The van der Waals surface area contributed by atoms with Crippen LogP contribution in [-0.2, 0) is 0 Å². The Kier molecular flexibility index (Phi) is 5.05. The van der Waals surface area contributed by atoms with Gasteiger partial charge in [-0.15, -0.1) is 11.3 Å². The molecule has 5 nitrogen and oxygen atoms in total. The van der Waals surface area contributed by atoms with Crippen LogP contribution in [-0.4, -0.2) is 40.6 Å². The zero-order chi connectivity index (χ0) is 21.5. The molecule has 1 aliphatic heterocycles. The maximum atomic E-state index is 14.3. The Morgan fingerprint density at radius 2 is 2.19 bits per heavy atom. The highest BCUT2D eigenvalue weighted by Crippen LogP contribution is 2.40. The highest BCUT2D eigenvalue weighted by molar-refractivity contribution is 7.22. The summed E-state index contributed by atoms with van der Waals surface area (Å²) in [7, 11) is 2.12. The summed E-state index contributed by atoms with van der Waals surface area (Å²) in [5.74, 6) is -0.310. The molecule has 156 valence electrons. The van der Waals surface area contributed by atoms with Crippen molar-refractivity contribution in [3.63, 3.8) is 0 Å². The second kappa shape index (κ2) is 7.88. The topological polar surface area (TPSA) is 62.0 Å². The number of rotatable bonds is 4. The molecule has 31 heavy (non-hydrogen) atoms. The molecule has 0 saturated carbocycles. The molecule has 1 fully saturated rings. The zero-order valence-electron chi connectivity index (χ0n) is 17.3. The first-order valence-electron chi connectivity index (χ1n) is 10.3. The molecule has 1 saturated heterocycles. The van der Waals surface area contributed by atoms with E-state index in [1.807, 2.05) is 18.2 Å². The molecule has 0 radical (unpaired) electrons. The number of aromatic nitrogens is 2. The van der Waals surface area contributed by atoms with Gasteiger partial charge in [-0.05, 0) is 51.1 Å². The molecule has 0 N–H and O–H groups in total. The molecule has 3 heterocycles. The fourth-order valence-corrected chi connectivity index (χ4v) is 5.53. The minimum atomic E-state index is -0.310. The van der Waals surface area contributed by atoms with Crippen molar-refractivity contribution in [1.29, 1.82) is 5.26 Å². The van der Waals surface area contributed by atoms with Crippen molar-refractivity contribution in [2.75, 3.05) is 13.6 Å². The number of hydrogen-bond acceptors (Lipinski definition) is 6. The SMILES string of the molecule is CC(Oc1ncc2ccc(-c3sc4c(F)cccc4c3C#N)cc2n1)[C@@H]1CCCN1C. The van der Waals surface area contributed by atoms with Gasteiger partial charge in [-0.25, -0.2) is 9.37 Å². The number of hydrogen-bond donors (Lipinski definition) is 0. The quantitative estimate of drug-likeness (QED) is 0.433. The minimum Gasteiger partial charge on any atom is -0.459 e. The summed E-state index contributed by atoms with van der Waals surface area (Å²) < 4.78 is 20.8. The smallest absolute Gasteiger partial charge is 0.317 e. The van der Waals surface area contributed by atoms with Crippen molar-refractivity contribution in [2.45, 2.75) is 31.9 Å². The Bertz CT molecular complexity index is 1330. The number of fused-ring (bicyclic) bond motifs is 2. The number of nitriles is 1. The van der Waals surface area contributed by atoms with Crippen molar-refractivity contribution >= 4 is 32.3 Å². The average molecular weight is 433 g/mol. The van der Waals surface area contributed by atoms with Gasteiger partial charge >= 0.3 is 6.01 Å². The molecule has 5 rings (SSSR count). The normalized spacial score (nSPS) is 17.8. The van der Waals surface area contributed by atoms with Crippen LogP contribution in [0.15, 0.2) is 42.6 Å². The van der Waals surface area contributed by atoms with E-state index >= 15 is 0 Å². The van der Waals surface area contributed by atoms with Crippen LogP contribution >= 0.6 is 11.3 Å². The Morgan fingerprint density at radius 3 is 2.97 bits per heavy atom. The first kappa shape index (κ1) is 19.9. The second-order valence-electron chi connectivity index (χ2n) is 7.97. The molecular formula is C24H21FN4OS. The molecule has 2 atom stereocenters. The van der Waals surface area contributed by atoms with Crippen LogP contribution in [0.25, 0.3) is 31.4 Å². The maximum absolute atomic E-state index is 14.3. The van der Waals surface area contributed by atoms with Gasteiger partial charge in [-0.2, -0.15) is 10.2 Å². The third-order valence-corrected chi connectivity index (χ3v) is 7.28. The lowest BCUT2D eigenvalue weighted by atomic mass is 10.1. The van der Waals surface area contributed by atoms with E-state index in [1.165, 1.54) is 23.8 Å². The summed E-state index contributed by atoms with van der Waals surface area (Å²) in [4.78, 5) is 12.1. The number of likely N-dealkylation sites (N-methyl/N-ethyl adjacent to an activating group) is 1. The van der Waals surface area contributed by atoms with Gasteiger partial charge in [0.25, 0.3) is 0 Å². The van der Waals surface area contributed by atoms with Gasteiger partial charge in [-0.1, -0.05) is 24.3 Å². The molecule has 0 amide bonds. The zero-order valence-corrected chi connectivity index (χ0v) is 18.1. The largest absolute Gasteiger partial charge is 0.459 e. The number of thiophene rings is 1. The van der Waals surface area contributed by atoms with E-state index in [9.17, 15) is 9.65 Å². The van der Waals surface area contributed by atoms with Gasteiger partial charge in [0.15, 0.2) is 0 Å². The Balaban J connectivity index is 1.52. The summed E-state index contributed by atoms with van der Waals surface area (Å²) in [6.07, 6.45) is 4.02. The first-order chi connectivity index (χ1) is 15.0. The van der Waals surface area contributed by atoms with Crippen LogP contribution in [0.5, 0.6) is 6.01 Å². The van der Waals surface area contributed by atoms with Crippen molar-refractivity contribution in [3.8, 4) is 22.5 Å². The third-order valence-electron chi connectivity index (χ3n) is 6.01. The van der Waals surface area contributed by atoms with Gasteiger partial charge < -0.3 is 4.74 Å². The van der Waals surface area contributed by atoms with E-state index < -0.39 is 0 Å². The summed E-state index contributed by atoms with van der Waals surface area (Å²) in [6, 6.07) is 13.6. The number of benzene rings is 2. The molecular weight excluding hydrogens is 411 g/mol. The molecule has 4 aromatic rings. The molecule has 1 unspecified atom stereocenters.